The summed E-state index contributed by atoms with van der Waals surface area (Å²) < 4.78 is 22.6. The number of hydrogen-bond donors (Lipinski definition) is 3. The standard InChI is InChI=1S/C18H18N6O2S2/c1-12-11-27-17(23-12)15(10-19)16-7-9-22-18(24-16)21-8-6-13-2-4-14(5-3-13)28(20,25)26/h2-5,7,9,11,23H,6,8H2,1H3,(H2,20,25,26)(H,21,22,24)/b17-15-. The maximum atomic E-state index is 11.3. The summed E-state index contributed by atoms with van der Waals surface area (Å²) in [7, 11) is -3.69. The van der Waals surface area contributed by atoms with E-state index in [2.05, 4.69) is 26.7 Å². The van der Waals surface area contributed by atoms with Gasteiger partial charge in [0.15, 0.2) is 0 Å². The third-order valence-corrected chi connectivity index (χ3v) is 5.81. The molecule has 2 aromatic rings. The van der Waals surface area contributed by atoms with E-state index >= 15 is 0 Å². The number of thioether (sulfide) groups is 1. The number of sulfonamides is 1. The van der Waals surface area contributed by atoms with Crippen molar-refractivity contribution in [3.05, 3.63) is 63.9 Å². The SMILES string of the molecule is CC1=CS/C(=C(/C#N)c2ccnc(NCCc3ccc(S(N)(=O)=O)cc3)n2)N1. The van der Waals surface area contributed by atoms with Crippen LogP contribution in [0.1, 0.15) is 18.2 Å². The Morgan fingerprint density at radius 1 is 1.32 bits per heavy atom. The molecule has 0 saturated carbocycles. The Labute approximate surface area is 167 Å². The Kier molecular flexibility index (Phi) is 5.99. The van der Waals surface area contributed by atoms with Gasteiger partial charge in [-0.25, -0.2) is 23.5 Å². The third-order valence-electron chi connectivity index (χ3n) is 3.86. The van der Waals surface area contributed by atoms with Gasteiger partial charge in [-0.3, -0.25) is 0 Å². The number of hydrogen-bond acceptors (Lipinski definition) is 8. The molecule has 8 nitrogen and oxygen atoms in total. The Balaban J connectivity index is 1.65. The van der Waals surface area contributed by atoms with E-state index in [9.17, 15) is 13.7 Å². The zero-order chi connectivity index (χ0) is 20.1. The Bertz CT molecular complexity index is 1090. The van der Waals surface area contributed by atoms with Crippen LogP contribution in [0.3, 0.4) is 0 Å². The number of nitrogens with one attached hydrogen (secondary N) is 2. The monoisotopic (exact) mass is 414 g/mol. The molecule has 1 aromatic carbocycles. The molecule has 0 fully saturated rings. The van der Waals surface area contributed by atoms with Gasteiger partial charge in [0.05, 0.1) is 15.6 Å². The third kappa shape index (κ3) is 4.89. The molecule has 144 valence electrons. The van der Waals surface area contributed by atoms with Gasteiger partial charge in [0.1, 0.15) is 11.6 Å². The number of anilines is 1. The average Bonchev–Trinajstić information content (AvgIpc) is 3.08. The molecular weight excluding hydrogens is 396 g/mol. The van der Waals surface area contributed by atoms with E-state index in [1.54, 1.807) is 24.4 Å². The Morgan fingerprint density at radius 2 is 2.07 bits per heavy atom. The van der Waals surface area contributed by atoms with Crippen LogP contribution in [0.4, 0.5) is 5.95 Å². The minimum Gasteiger partial charge on any atom is -0.354 e. The van der Waals surface area contributed by atoms with Crippen LogP contribution in [0, 0.1) is 11.3 Å². The molecule has 10 heteroatoms. The molecule has 0 spiro atoms. The molecule has 2 heterocycles. The van der Waals surface area contributed by atoms with Gasteiger partial charge in [-0.1, -0.05) is 23.9 Å². The Hall–Kier alpha value is -2.87. The van der Waals surface area contributed by atoms with E-state index in [1.165, 1.54) is 23.9 Å². The molecule has 0 radical (unpaired) electrons. The van der Waals surface area contributed by atoms with Crippen LogP contribution < -0.4 is 15.8 Å². The summed E-state index contributed by atoms with van der Waals surface area (Å²) in [6.45, 7) is 2.47. The number of nitrogens with two attached hydrogens (primary N) is 1. The van der Waals surface area contributed by atoms with Crippen LogP contribution in [0.15, 0.2) is 57.6 Å². The fourth-order valence-corrected chi connectivity index (χ4v) is 3.84. The highest BCUT2D eigenvalue weighted by molar-refractivity contribution is 8.06. The van der Waals surface area contributed by atoms with Gasteiger partial charge in [0.2, 0.25) is 16.0 Å². The van der Waals surface area contributed by atoms with Crippen molar-refractivity contribution in [1.82, 2.24) is 15.3 Å². The second-order valence-electron chi connectivity index (χ2n) is 5.99. The summed E-state index contributed by atoms with van der Waals surface area (Å²) in [5.41, 5.74) is 2.93. The number of rotatable bonds is 6. The normalized spacial score (nSPS) is 15.4. The van der Waals surface area contributed by atoms with E-state index in [0.29, 0.717) is 30.2 Å². The molecule has 3 rings (SSSR count). The summed E-state index contributed by atoms with van der Waals surface area (Å²) in [5.74, 6) is 0.416. The van der Waals surface area contributed by atoms with Crippen LogP contribution in [-0.4, -0.2) is 24.9 Å². The summed E-state index contributed by atoms with van der Waals surface area (Å²) in [4.78, 5) is 8.68. The van der Waals surface area contributed by atoms with Crippen LogP contribution in [0.25, 0.3) is 5.57 Å². The molecule has 0 amide bonds. The lowest BCUT2D eigenvalue weighted by Gasteiger charge is -2.08. The highest BCUT2D eigenvalue weighted by Crippen LogP contribution is 2.30. The highest BCUT2D eigenvalue weighted by atomic mass is 32.2. The molecule has 1 aromatic heterocycles. The number of allylic oxidation sites excluding steroid dienone is 2. The molecule has 0 aliphatic carbocycles. The van der Waals surface area contributed by atoms with Crippen molar-refractivity contribution in [3.8, 4) is 6.07 Å². The van der Waals surface area contributed by atoms with E-state index in [4.69, 9.17) is 5.14 Å². The summed E-state index contributed by atoms with van der Waals surface area (Å²) >= 11 is 1.45. The first kappa shape index (κ1) is 19.9. The first-order valence-corrected chi connectivity index (χ1v) is 10.7. The van der Waals surface area contributed by atoms with Gasteiger partial charge in [-0.2, -0.15) is 5.26 Å². The number of nitrogens with zero attached hydrogens (tertiary/aromatic N) is 3. The van der Waals surface area contributed by atoms with Crippen molar-refractivity contribution in [2.24, 2.45) is 5.14 Å². The molecule has 0 bridgehead atoms. The lowest BCUT2D eigenvalue weighted by atomic mass is 10.1. The van der Waals surface area contributed by atoms with E-state index in [0.717, 1.165) is 16.3 Å². The summed E-state index contributed by atoms with van der Waals surface area (Å²) in [6.07, 6.45) is 2.24. The molecule has 1 aliphatic heterocycles. The lowest BCUT2D eigenvalue weighted by Crippen LogP contribution is -2.12. The second kappa shape index (κ2) is 8.43. The predicted molar refractivity (Wildman–Crippen MR) is 109 cm³/mol. The van der Waals surface area contributed by atoms with E-state index < -0.39 is 10.0 Å². The number of aromatic nitrogens is 2. The highest BCUT2D eigenvalue weighted by Gasteiger charge is 2.15. The maximum absolute atomic E-state index is 11.3. The van der Waals surface area contributed by atoms with Crippen molar-refractivity contribution in [2.75, 3.05) is 11.9 Å². The first-order chi connectivity index (χ1) is 13.4. The molecule has 0 unspecified atom stereocenters. The predicted octanol–water partition coefficient (Wildman–Crippen LogP) is 2.17. The smallest absolute Gasteiger partial charge is 0.238 e. The number of primary sulfonamides is 1. The van der Waals surface area contributed by atoms with E-state index in [-0.39, 0.29) is 4.90 Å². The van der Waals surface area contributed by atoms with Crippen molar-refractivity contribution in [3.63, 3.8) is 0 Å². The van der Waals surface area contributed by atoms with Crippen LogP contribution >= 0.6 is 11.8 Å². The van der Waals surface area contributed by atoms with Crippen molar-refractivity contribution >= 4 is 33.3 Å². The average molecular weight is 415 g/mol. The topological polar surface area (TPSA) is 134 Å². The van der Waals surface area contributed by atoms with Crippen LogP contribution in [0.2, 0.25) is 0 Å². The zero-order valence-corrected chi connectivity index (χ0v) is 16.6. The number of benzene rings is 1. The number of nitriles is 1. The molecule has 0 saturated heterocycles. The minimum atomic E-state index is -3.69. The van der Waals surface area contributed by atoms with Crippen molar-refractivity contribution in [2.45, 2.75) is 18.2 Å². The Morgan fingerprint density at radius 3 is 2.68 bits per heavy atom. The van der Waals surface area contributed by atoms with Crippen LogP contribution in [-0.2, 0) is 16.4 Å². The van der Waals surface area contributed by atoms with Gasteiger partial charge >= 0.3 is 0 Å². The minimum absolute atomic E-state index is 0.0837. The van der Waals surface area contributed by atoms with Gasteiger partial charge in [-0.15, -0.1) is 0 Å². The molecule has 0 atom stereocenters. The van der Waals surface area contributed by atoms with Crippen molar-refractivity contribution in [1.29, 1.82) is 5.26 Å². The lowest BCUT2D eigenvalue weighted by molar-refractivity contribution is 0.598. The molecule has 4 N–H and O–H groups in total. The van der Waals surface area contributed by atoms with Crippen molar-refractivity contribution < 1.29 is 8.42 Å². The fourth-order valence-electron chi connectivity index (χ4n) is 2.48. The largest absolute Gasteiger partial charge is 0.354 e. The van der Waals surface area contributed by atoms with Gasteiger partial charge in [0, 0.05) is 18.4 Å². The van der Waals surface area contributed by atoms with E-state index in [1.807, 2.05) is 12.3 Å². The molecule has 28 heavy (non-hydrogen) atoms. The van der Waals surface area contributed by atoms with Crippen LogP contribution in [0.5, 0.6) is 0 Å². The maximum Gasteiger partial charge on any atom is 0.238 e. The summed E-state index contributed by atoms with van der Waals surface area (Å²) in [6, 6.07) is 10.3. The second-order valence-corrected chi connectivity index (χ2v) is 8.43. The van der Waals surface area contributed by atoms with Gasteiger partial charge < -0.3 is 10.6 Å². The fraction of sp³-hybridized carbons (Fsp3) is 0.167. The van der Waals surface area contributed by atoms with Gasteiger partial charge in [-0.05, 0) is 42.5 Å². The zero-order valence-electron chi connectivity index (χ0n) is 15.0. The first-order valence-electron chi connectivity index (χ1n) is 8.30. The molecule has 1 aliphatic rings. The summed E-state index contributed by atoms with van der Waals surface area (Å²) in [5, 5.41) is 23.6. The van der Waals surface area contributed by atoms with Gasteiger partial charge in [0.25, 0.3) is 0 Å². The molecular formula is C18H18N6O2S2. The quantitative estimate of drug-likeness (QED) is 0.612.